The normalized spacial score (nSPS) is 11.4. The van der Waals surface area contributed by atoms with Crippen LogP contribution in [-0.4, -0.2) is 34.7 Å². The molecule has 1 rings (SSSR count). The Balaban J connectivity index is 2.48. The number of carbonyl (C=O) groups is 1. The molecule has 0 aromatic carbocycles. The summed E-state index contributed by atoms with van der Waals surface area (Å²) >= 11 is 1.72. The molecule has 0 fully saturated rings. The Kier molecular flexibility index (Phi) is 5.82. The molecule has 1 aromatic rings. The first-order chi connectivity index (χ1) is 8.85. The SMILES string of the molecule is CCc1ccc(CNC(=O)N(CC)CC(C)(C)O)s1. The van der Waals surface area contributed by atoms with Crippen LogP contribution >= 0.6 is 11.3 Å². The fraction of sp³-hybridized carbons (Fsp3) is 0.643. The van der Waals surface area contributed by atoms with Gasteiger partial charge in [-0.3, -0.25) is 0 Å². The van der Waals surface area contributed by atoms with Gasteiger partial charge in [0.15, 0.2) is 0 Å². The van der Waals surface area contributed by atoms with Gasteiger partial charge in [0.1, 0.15) is 0 Å². The van der Waals surface area contributed by atoms with Crippen molar-refractivity contribution in [1.82, 2.24) is 10.2 Å². The minimum atomic E-state index is -0.869. The van der Waals surface area contributed by atoms with Gasteiger partial charge in [0.25, 0.3) is 0 Å². The smallest absolute Gasteiger partial charge is 0.317 e. The number of thiophene rings is 1. The number of likely N-dealkylation sites (N-methyl/N-ethyl adjacent to an activating group) is 1. The summed E-state index contributed by atoms with van der Waals surface area (Å²) in [4.78, 5) is 16.1. The number of hydrogen-bond donors (Lipinski definition) is 2. The van der Waals surface area contributed by atoms with Crippen LogP contribution in [0, 0.1) is 0 Å². The summed E-state index contributed by atoms with van der Waals surface area (Å²) in [6.45, 7) is 8.90. The number of nitrogens with zero attached hydrogens (tertiary/aromatic N) is 1. The van der Waals surface area contributed by atoms with Crippen molar-refractivity contribution in [2.24, 2.45) is 0 Å². The monoisotopic (exact) mass is 284 g/mol. The summed E-state index contributed by atoms with van der Waals surface area (Å²) in [6, 6.07) is 4.02. The van der Waals surface area contributed by atoms with Gasteiger partial charge >= 0.3 is 6.03 Å². The molecule has 0 radical (unpaired) electrons. The highest BCUT2D eigenvalue weighted by Gasteiger charge is 2.20. The van der Waals surface area contributed by atoms with E-state index in [1.165, 1.54) is 4.88 Å². The summed E-state index contributed by atoms with van der Waals surface area (Å²) in [5.74, 6) is 0. The Hall–Kier alpha value is -1.07. The third-order valence-electron chi connectivity index (χ3n) is 2.73. The number of carbonyl (C=O) groups excluding carboxylic acids is 1. The van der Waals surface area contributed by atoms with E-state index in [4.69, 9.17) is 0 Å². The Labute approximate surface area is 119 Å². The zero-order valence-corrected chi connectivity index (χ0v) is 13.0. The Morgan fingerprint density at radius 2 is 2.00 bits per heavy atom. The lowest BCUT2D eigenvalue weighted by atomic mass is 10.1. The van der Waals surface area contributed by atoms with Crippen molar-refractivity contribution in [2.75, 3.05) is 13.1 Å². The number of rotatable bonds is 6. The molecule has 0 saturated carbocycles. The van der Waals surface area contributed by atoms with Crippen LogP contribution in [0.4, 0.5) is 4.79 Å². The van der Waals surface area contributed by atoms with Gasteiger partial charge < -0.3 is 15.3 Å². The van der Waals surface area contributed by atoms with Crippen molar-refractivity contribution in [2.45, 2.75) is 46.3 Å². The first-order valence-electron chi connectivity index (χ1n) is 6.68. The fourth-order valence-corrected chi connectivity index (χ4v) is 2.67. The van der Waals surface area contributed by atoms with Gasteiger partial charge in [0.2, 0.25) is 0 Å². The number of urea groups is 1. The van der Waals surface area contributed by atoms with Crippen molar-refractivity contribution in [3.8, 4) is 0 Å². The second-order valence-corrected chi connectivity index (χ2v) is 6.46. The zero-order chi connectivity index (χ0) is 14.5. The molecule has 0 aliphatic carbocycles. The molecule has 1 heterocycles. The Bertz CT molecular complexity index is 410. The maximum absolute atomic E-state index is 12.0. The predicted molar refractivity (Wildman–Crippen MR) is 79.5 cm³/mol. The number of aliphatic hydroxyl groups is 1. The molecule has 0 aliphatic rings. The van der Waals surface area contributed by atoms with E-state index in [0.29, 0.717) is 19.6 Å². The second kappa shape index (κ2) is 6.91. The van der Waals surface area contributed by atoms with Crippen LogP contribution in [0.5, 0.6) is 0 Å². The molecular formula is C14H24N2O2S. The number of hydrogen-bond acceptors (Lipinski definition) is 3. The van der Waals surface area contributed by atoms with E-state index < -0.39 is 5.60 Å². The van der Waals surface area contributed by atoms with E-state index in [0.717, 1.165) is 11.3 Å². The van der Waals surface area contributed by atoms with Gasteiger partial charge in [-0.1, -0.05) is 6.92 Å². The minimum Gasteiger partial charge on any atom is -0.389 e. The van der Waals surface area contributed by atoms with Crippen molar-refractivity contribution in [3.05, 3.63) is 21.9 Å². The molecule has 5 heteroatoms. The van der Waals surface area contributed by atoms with Crippen LogP contribution < -0.4 is 5.32 Å². The van der Waals surface area contributed by atoms with Gasteiger partial charge in [-0.25, -0.2) is 4.79 Å². The van der Waals surface area contributed by atoms with E-state index in [1.807, 2.05) is 6.92 Å². The number of nitrogens with one attached hydrogen (secondary N) is 1. The topological polar surface area (TPSA) is 52.6 Å². The van der Waals surface area contributed by atoms with E-state index >= 15 is 0 Å². The standard InChI is InChI=1S/C14H24N2O2S/c1-5-11-7-8-12(19-11)9-15-13(17)16(6-2)10-14(3,4)18/h7-8,18H,5-6,9-10H2,1-4H3,(H,15,17). The maximum Gasteiger partial charge on any atom is 0.317 e. The van der Waals surface area contributed by atoms with E-state index in [2.05, 4.69) is 24.4 Å². The van der Waals surface area contributed by atoms with Crippen LogP contribution in [0.2, 0.25) is 0 Å². The fourth-order valence-electron chi connectivity index (χ4n) is 1.78. The largest absolute Gasteiger partial charge is 0.389 e. The summed E-state index contributed by atoms with van der Waals surface area (Å²) in [6.07, 6.45) is 1.03. The van der Waals surface area contributed by atoms with Crippen molar-refractivity contribution >= 4 is 17.4 Å². The third-order valence-corrected chi connectivity index (χ3v) is 3.96. The first-order valence-corrected chi connectivity index (χ1v) is 7.50. The third kappa shape index (κ3) is 5.61. The molecule has 19 heavy (non-hydrogen) atoms. The molecule has 2 N–H and O–H groups in total. The molecular weight excluding hydrogens is 260 g/mol. The lowest BCUT2D eigenvalue weighted by molar-refractivity contribution is 0.0480. The second-order valence-electron chi connectivity index (χ2n) is 5.21. The summed E-state index contributed by atoms with van der Waals surface area (Å²) in [7, 11) is 0. The molecule has 0 aliphatic heterocycles. The average Bonchev–Trinajstić information content (AvgIpc) is 2.79. The summed E-state index contributed by atoms with van der Waals surface area (Å²) < 4.78 is 0. The highest BCUT2D eigenvalue weighted by molar-refractivity contribution is 7.11. The quantitative estimate of drug-likeness (QED) is 0.843. The van der Waals surface area contributed by atoms with Gasteiger partial charge in [-0.15, -0.1) is 11.3 Å². The maximum atomic E-state index is 12.0. The molecule has 0 spiro atoms. The zero-order valence-electron chi connectivity index (χ0n) is 12.2. The van der Waals surface area contributed by atoms with E-state index in [9.17, 15) is 9.90 Å². The lowest BCUT2D eigenvalue weighted by Gasteiger charge is -2.28. The average molecular weight is 284 g/mol. The van der Waals surface area contributed by atoms with Crippen LogP contribution in [0.3, 0.4) is 0 Å². The lowest BCUT2D eigenvalue weighted by Crippen LogP contribution is -2.46. The highest BCUT2D eigenvalue weighted by Crippen LogP contribution is 2.16. The molecule has 0 unspecified atom stereocenters. The summed E-state index contributed by atoms with van der Waals surface area (Å²) in [5, 5.41) is 12.7. The van der Waals surface area contributed by atoms with Crippen molar-refractivity contribution in [1.29, 1.82) is 0 Å². The van der Waals surface area contributed by atoms with Gasteiger partial charge in [-0.05, 0) is 39.3 Å². The first kappa shape index (κ1) is 16.0. The molecule has 1 aromatic heterocycles. The van der Waals surface area contributed by atoms with Crippen molar-refractivity contribution in [3.63, 3.8) is 0 Å². The molecule has 2 amide bonds. The summed E-state index contributed by atoms with van der Waals surface area (Å²) in [5.41, 5.74) is -0.869. The van der Waals surface area contributed by atoms with Crippen LogP contribution in [0.1, 0.15) is 37.4 Å². The Morgan fingerprint density at radius 1 is 1.37 bits per heavy atom. The van der Waals surface area contributed by atoms with Crippen LogP contribution in [0.25, 0.3) is 0 Å². The highest BCUT2D eigenvalue weighted by atomic mass is 32.1. The van der Waals surface area contributed by atoms with Gasteiger partial charge in [0.05, 0.1) is 18.7 Å². The Morgan fingerprint density at radius 3 is 2.47 bits per heavy atom. The minimum absolute atomic E-state index is 0.129. The van der Waals surface area contributed by atoms with Crippen LogP contribution in [0.15, 0.2) is 12.1 Å². The molecule has 4 nitrogen and oxygen atoms in total. The van der Waals surface area contributed by atoms with Crippen LogP contribution in [-0.2, 0) is 13.0 Å². The van der Waals surface area contributed by atoms with E-state index in [1.54, 1.807) is 30.1 Å². The van der Waals surface area contributed by atoms with Crippen molar-refractivity contribution < 1.29 is 9.90 Å². The number of amides is 2. The molecule has 0 bridgehead atoms. The van der Waals surface area contributed by atoms with E-state index in [-0.39, 0.29) is 6.03 Å². The molecule has 0 saturated heterocycles. The molecule has 108 valence electrons. The van der Waals surface area contributed by atoms with Gasteiger partial charge in [0, 0.05) is 16.3 Å². The number of aryl methyl sites for hydroxylation is 1. The predicted octanol–water partition coefficient (Wildman–Crippen LogP) is 2.61. The molecule has 0 atom stereocenters. The van der Waals surface area contributed by atoms with Gasteiger partial charge in [-0.2, -0.15) is 0 Å².